The molecular weight excluding hydrogens is 692 g/mol. The summed E-state index contributed by atoms with van der Waals surface area (Å²) in [6, 6.07) is 21.9. The molecule has 5 aromatic rings. The van der Waals surface area contributed by atoms with Crippen molar-refractivity contribution in [3.63, 3.8) is 0 Å². The van der Waals surface area contributed by atoms with Crippen LogP contribution in [0.2, 0.25) is 5.15 Å². The Labute approximate surface area is 304 Å². The minimum atomic E-state index is -0.857. The number of ether oxygens (including phenoxy) is 2. The molecule has 15 nitrogen and oxygen atoms in total. The van der Waals surface area contributed by atoms with Crippen molar-refractivity contribution in [3.05, 3.63) is 116 Å². The van der Waals surface area contributed by atoms with E-state index in [9.17, 15) is 19.7 Å². The number of likely N-dealkylation sites (tertiary alicyclic amines) is 1. The van der Waals surface area contributed by atoms with Crippen molar-refractivity contribution < 1.29 is 29.0 Å². The number of amides is 1. The van der Waals surface area contributed by atoms with Crippen LogP contribution >= 0.6 is 11.6 Å². The van der Waals surface area contributed by atoms with Crippen LogP contribution in [0.3, 0.4) is 0 Å². The lowest BCUT2D eigenvalue weighted by Crippen LogP contribution is -2.41. The lowest BCUT2D eigenvalue weighted by molar-refractivity contribution is -0.763. The van der Waals surface area contributed by atoms with Gasteiger partial charge in [-0.05, 0) is 52.3 Å². The second kappa shape index (κ2) is 16.9. The van der Waals surface area contributed by atoms with Crippen molar-refractivity contribution in [2.45, 2.75) is 71.4 Å². The molecule has 270 valence electrons. The van der Waals surface area contributed by atoms with Gasteiger partial charge in [0, 0.05) is 25.1 Å². The van der Waals surface area contributed by atoms with Crippen LogP contribution in [0.5, 0.6) is 0 Å². The number of esters is 1. The zero-order valence-electron chi connectivity index (χ0n) is 28.4. The molecule has 3 heterocycles. The molecule has 1 atom stereocenters. The van der Waals surface area contributed by atoms with E-state index < -0.39 is 23.2 Å². The normalized spacial score (nSPS) is 14.0. The first-order chi connectivity index (χ1) is 25.3. The van der Waals surface area contributed by atoms with Gasteiger partial charge < -0.3 is 18.9 Å². The van der Waals surface area contributed by atoms with E-state index in [1.54, 1.807) is 24.3 Å². The molecule has 0 bridgehead atoms. The number of benzene rings is 3. The fourth-order valence-electron chi connectivity index (χ4n) is 6.09. The Morgan fingerprint density at radius 2 is 1.67 bits per heavy atom. The summed E-state index contributed by atoms with van der Waals surface area (Å²) < 4.78 is 13.3. The number of rotatable bonds is 15. The highest BCUT2D eigenvalue weighted by Gasteiger charge is 2.36. The molecule has 1 N–H and O–H groups in total. The number of aromatic amines is 1. The van der Waals surface area contributed by atoms with Gasteiger partial charge in [-0.2, -0.15) is 5.21 Å². The first-order valence-electron chi connectivity index (χ1n) is 16.9. The highest BCUT2D eigenvalue weighted by atomic mass is 35.5. The number of aryl methyl sites for hydroxylation is 1. The maximum Gasteiger partial charge on any atom is 0.410 e. The molecule has 2 aromatic heterocycles. The standard InChI is InChI=1S/C36H37ClN8O7/c1-2-3-10-32-38-33(37)31(44(32)20-24-15-17-27(18-16-24)28-7-4-5-8-29(28)34-39-41-42-40-34)23-51-36(47)43-19-6-9-30(43)35(46)50-21-25-11-13-26(14-12-25)22-52-45(48)49/h4-5,7-8,11-18,30H,2-3,6,9-10,19-23H2,1H3,(H,39,40,41,42). The average Bonchev–Trinajstić information content (AvgIpc) is 3.94. The molecule has 1 aliphatic rings. The number of halogens is 1. The molecule has 0 aliphatic carbocycles. The maximum absolute atomic E-state index is 13.3. The maximum atomic E-state index is 13.3. The number of nitrogens with zero attached hydrogens (tertiary/aromatic N) is 7. The Hall–Kier alpha value is -5.83. The van der Waals surface area contributed by atoms with Crippen LogP contribution in [0.15, 0.2) is 72.8 Å². The van der Waals surface area contributed by atoms with Crippen molar-refractivity contribution in [3.8, 4) is 22.5 Å². The second-order valence-electron chi connectivity index (χ2n) is 12.3. The summed E-state index contributed by atoms with van der Waals surface area (Å²) in [4.78, 5) is 47.2. The van der Waals surface area contributed by atoms with Crippen LogP contribution in [-0.2, 0) is 51.9 Å². The van der Waals surface area contributed by atoms with Crippen LogP contribution in [-0.4, -0.2) is 64.8 Å². The van der Waals surface area contributed by atoms with Crippen LogP contribution < -0.4 is 0 Å². The van der Waals surface area contributed by atoms with E-state index in [1.165, 1.54) is 4.90 Å². The Morgan fingerprint density at radius 1 is 0.962 bits per heavy atom. The van der Waals surface area contributed by atoms with Gasteiger partial charge in [0.05, 0.1) is 5.69 Å². The zero-order chi connectivity index (χ0) is 36.5. The molecule has 1 saturated heterocycles. The Kier molecular flexibility index (Phi) is 11.7. The number of nitrogens with one attached hydrogen (secondary N) is 1. The third-order valence-corrected chi connectivity index (χ3v) is 9.11. The minimum Gasteiger partial charge on any atom is -0.459 e. The molecule has 1 unspecified atom stereocenters. The molecule has 0 spiro atoms. The van der Waals surface area contributed by atoms with E-state index in [-0.39, 0.29) is 25.0 Å². The molecule has 1 aliphatic heterocycles. The molecule has 0 saturated carbocycles. The predicted molar refractivity (Wildman–Crippen MR) is 188 cm³/mol. The number of aromatic nitrogens is 6. The topological polar surface area (TPSA) is 180 Å². The highest BCUT2D eigenvalue weighted by Crippen LogP contribution is 2.30. The smallest absolute Gasteiger partial charge is 0.410 e. The zero-order valence-corrected chi connectivity index (χ0v) is 29.2. The van der Waals surface area contributed by atoms with Crippen molar-refractivity contribution in [2.75, 3.05) is 6.54 Å². The fourth-order valence-corrected chi connectivity index (χ4v) is 6.34. The van der Waals surface area contributed by atoms with Gasteiger partial charge in [0.1, 0.15) is 31.7 Å². The van der Waals surface area contributed by atoms with E-state index in [1.807, 2.05) is 53.1 Å². The first kappa shape index (κ1) is 36.0. The number of tetrazole rings is 1. The highest BCUT2D eigenvalue weighted by molar-refractivity contribution is 6.30. The van der Waals surface area contributed by atoms with Crippen molar-refractivity contribution in [1.29, 1.82) is 0 Å². The SMILES string of the molecule is CCCCc1nc(Cl)c(COC(=O)N2CCCC2C(=O)OCc2ccc(CO[N+](=O)[O-])cc2)n1Cc1ccc(-c2ccccc2-c2nn[nH]n2)cc1. The van der Waals surface area contributed by atoms with Crippen molar-refractivity contribution in [2.24, 2.45) is 0 Å². The summed E-state index contributed by atoms with van der Waals surface area (Å²) in [7, 11) is 0. The van der Waals surface area contributed by atoms with Crippen molar-refractivity contribution >= 4 is 23.7 Å². The van der Waals surface area contributed by atoms with E-state index in [0.717, 1.165) is 40.9 Å². The van der Waals surface area contributed by atoms with E-state index in [0.29, 0.717) is 55.0 Å². The molecule has 6 rings (SSSR count). The predicted octanol–water partition coefficient (Wildman–Crippen LogP) is 6.33. The minimum absolute atomic E-state index is 0.0176. The summed E-state index contributed by atoms with van der Waals surface area (Å²) in [5.41, 5.74) is 5.69. The number of imidazole rings is 1. The van der Waals surface area contributed by atoms with Crippen LogP contribution in [0.1, 0.15) is 60.8 Å². The molecule has 1 fully saturated rings. The summed E-state index contributed by atoms with van der Waals surface area (Å²) in [6.45, 7) is 2.59. The lowest BCUT2D eigenvalue weighted by Gasteiger charge is -2.23. The van der Waals surface area contributed by atoms with E-state index in [4.69, 9.17) is 21.1 Å². The van der Waals surface area contributed by atoms with Gasteiger partial charge in [0.2, 0.25) is 5.82 Å². The molecule has 52 heavy (non-hydrogen) atoms. The van der Waals surface area contributed by atoms with Crippen LogP contribution in [0, 0.1) is 10.1 Å². The van der Waals surface area contributed by atoms with Gasteiger partial charge in [0.15, 0.2) is 5.15 Å². The van der Waals surface area contributed by atoms with Crippen LogP contribution in [0.25, 0.3) is 22.5 Å². The van der Waals surface area contributed by atoms with Gasteiger partial charge in [-0.1, -0.05) is 97.7 Å². The monoisotopic (exact) mass is 728 g/mol. The summed E-state index contributed by atoms with van der Waals surface area (Å²) in [6.07, 6.45) is 3.01. The fraction of sp³-hybridized carbons (Fsp3) is 0.333. The van der Waals surface area contributed by atoms with Gasteiger partial charge in [-0.15, -0.1) is 20.3 Å². The number of H-pyrrole nitrogens is 1. The number of carbonyl (C=O) groups is 2. The summed E-state index contributed by atoms with van der Waals surface area (Å²) in [5, 5.41) is 24.3. The molecule has 16 heteroatoms. The number of carbonyl (C=O) groups excluding carboxylic acids is 2. The summed E-state index contributed by atoms with van der Waals surface area (Å²) in [5.74, 6) is 0.769. The third-order valence-electron chi connectivity index (χ3n) is 8.81. The lowest BCUT2D eigenvalue weighted by atomic mass is 9.98. The van der Waals surface area contributed by atoms with Gasteiger partial charge >= 0.3 is 12.1 Å². The number of hydrogen-bond acceptors (Lipinski definition) is 11. The average molecular weight is 729 g/mol. The third kappa shape index (κ3) is 8.72. The van der Waals surface area contributed by atoms with Gasteiger partial charge in [-0.25, -0.2) is 14.6 Å². The van der Waals surface area contributed by atoms with Gasteiger partial charge in [-0.3, -0.25) is 4.90 Å². The van der Waals surface area contributed by atoms with Crippen LogP contribution in [0.4, 0.5) is 4.79 Å². The molecule has 1 amide bonds. The largest absolute Gasteiger partial charge is 0.459 e. The van der Waals surface area contributed by atoms with E-state index >= 15 is 0 Å². The summed E-state index contributed by atoms with van der Waals surface area (Å²) >= 11 is 6.66. The molecular formula is C36H37ClN8O7. The first-order valence-corrected chi connectivity index (χ1v) is 17.3. The van der Waals surface area contributed by atoms with E-state index in [2.05, 4.69) is 37.4 Å². The Bertz CT molecular complexity index is 1980. The number of hydrogen-bond donors (Lipinski definition) is 1. The number of unbranched alkanes of at least 4 members (excludes halogenated alkanes) is 1. The second-order valence-corrected chi connectivity index (χ2v) is 12.6. The van der Waals surface area contributed by atoms with Crippen molar-refractivity contribution in [1.82, 2.24) is 35.1 Å². The van der Waals surface area contributed by atoms with Gasteiger partial charge in [0.25, 0.3) is 5.09 Å². The Balaban J connectivity index is 1.10. The molecule has 0 radical (unpaired) electrons. The molecule has 3 aromatic carbocycles. The quantitative estimate of drug-likeness (QED) is 0.0723. The Morgan fingerprint density at radius 3 is 2.37 bits per heavy atom.